The van der Waals surface area contributed by atoms with E-state index in [1.165, 1.54) is 51.7 Å². The molecular weight excluding hydrogens is 559 g/mol. The molecule has 175 valence electrons. The largest absolute Gasteiger partial charge is 1.00 e. The molecule has 0 saturated heterocycles. The van der Waals surface area contributed by atoms with Crippen molar-refractivity contribution >= 4 is 37.2 Å². The van der Waals surface area contributed by atoms with Crippen LogP contribution in [-0.4, -0.2) is 27.4 Å². The molecule has 4 rings (SSSR count). The van der Waals surface area contributed by atoms with E-state index in [0.717, 1.165) is 13.0 Å². The van der Waals surface area contributed by atoms with E-state index in [9.17, 15) is 0 Å². The van der Waals surface area contributed by atoms with Gasteiger partial charge in [-0.15, -0.1) is 40.6 Å². The third-order valence-electron chi connectivity index (χ3n) is 5.66. The van der Waals surface area contributed by atoms with Gasteiger partial charge in [0.05, 0.1) is 8.80 Å². The Morgan fingerprint density at radius 2 is 1.61 bits per heavy atom. The van der Waals surface area contributed by atoms with Gasteiger partial charge in [0.2, 0.25) is 0 Å². The van der Waals surface area contributed by atoms with E-state index in [-0.39, 0.29) is 24.8 Å². The molecule has 0 bridgehead atoms. The molecule has 1 nitrogen and oxygen atoms in total. The van der Waals surface area contributed by atoms with Gasteiger partial charge < -0.3 is 29.2 Å². The molecule has 1 aliphatic rings. The normalized spacial score (nSPS) is 14.9. The summed E-state index contributed by atoms with van der Waals surface area (Å²) in [6.45, 7) is 14.6. The molecule has 3 aromatic rings. The molecule has 3 aromatic carbocycles. The molecule has 0 fully saturated rings. The van der Waals surface area contributed by atoms with Crippen LogP contribution in [-0.2, 0) is 28.7 Å². The SMILES string of the molecule is C[CH]=[Zr+2].C[Si](C)C1=C(CCO[Si](C)(C)C)c2ccccc2C1[c-]1ccc2ccccc21.[Cl-].[Cl-]. The average Bonchev–Trinajstić information content (AvgIpc) is 3.27. The van der Waals surface area contributed by atoms with Gasteiger partial charge in [0.25, 0.3) is 0 Å². The van der Waals surface area contributed by atoms with Crippen LogP contribution in [0.2, 0.25) is 32.7 Å². The molecule has 1 radical (unpaired) electrons. The fourth-order valence-corrected chi connectivity index (χ4v) is 7.03. The summed E-state index contributed by atoms with van der Waals surface area (Å²) in [4.78, 5) is 0. The molecule has 6 heteroatoms. The number of rotatable bonds is 6. The van der Waals surface area contributed by atoms with Gasteiger partial charge in [-0.3, -0.25) is 0 Å². The molecule has 33 heavy (non-hydrogen) atoms. The van der Waals surface area contributed by atoms with Crippen molar-refractivity contribution in [1.29, 1.82) is 0 Å². The van der Waals surface area contributed by atoms with Crippen molar-refractivity contribution in [2.45, 2.75) is 52.0 Å². The van der Waals surface area contributed by atoms with E-state index in [4.69, 9.17) is 4.43 Å². The van der Waals surface area contributed by atoms with Crippen LogP contribution in [0.3, 0.4) is 0 Å². The number of allylic oxidation sites excluding steroid dienone is 1. The van der Waals surface area contributed by atoms with Crippen LogP contribution in [0.4, 0.5) is 0 Å². The molecule has 0 aromatic heterocycles. The van der Waals surface area contributed by atoms with Crippen LogP contribution in [0.25, 0.3) is 16.3 Å². The first-order valence-electron chi connectivity index (χ1n) is 11.1. The summed E-state index contributed by atoms with van der Waals surface area (Å²) < 4.78 is 8.34. The number of hydrogen-bond donors (Lipinski definition) is 0. The van der Waals surface area contributed by atoms with E-state index in [1.807, 2.05) is 6.92 Å². The predicted octanol–water partition coefficient (Wildman–Crippen LogP) is 1.36. The Kier molecular flexibility index (Phi) is 12.6. The van der Waals surface area contributed by atoms with Gasteiger partial charge in [-0.1, -0.05) is 48.6 Å². The van der Waals surface area contributed by atoms with Crippen LogP contribution in [0.5, 0.6) is 0 Å². The zero-order chi connectivity index (χ0) is 22.6. The van der Waals surface area contributed by atoms with Crippen molar-refractivity contribution in [2.75, 3.05) is 6.61 Å². The Morgan fingerprint density at radius 1 is 1.00 bits per heavy atom. The maximum atomic E-state index is 6.25. The van der Waals surface area contributed by atoms with Gasteiger partial charge in [0, 0.05) is 6.61 Å². The Hall–Kier alpha value is -0.483. The minimum absolute atomic E-state index is 0. The monoisotopic (exact) mass is 590 g/mol. The molecule has 0 saturated carbocycles. The predicted molar refractivity (Wildman–Crippen MR) is 138 cm³/mol. The van der Waals surface area contributed by atoms with Gasteiger partial charge in [0.15, 0.2) is 8.32 Å². The summed E-state index contributed by atoms with van der Waals surface area (Å²) >= 11 is 1.51. The molecule has 0 amide bonds. The Balaban J connectivity index is 0.00000103. The Labute approximate surface area is 230 Å². The standard InChI is InChI=1S/C25H30OSi2.C2H4.2ClH.Zr/c1-27(2)25-23(16-17-26-28(3,4)5)20-12-8-9-13-21(20)24(25)22-15-14-18-10-6-7-11-19(18)22;1-2;;;/h6-15,24H,16-17H2,1-5H3;1H,2H3;2*1H;/q-1;;;;+2/p-2. The summed E-state index contributed by atoms with van der Waals surface area (Å²) in [7, 11) is -2.09. The second-order valence-corrected chi connectivity index (χ2v) is 17.8. The number of benzene rings is 2. The summed E-state index contributed by atoms with van der Waals surface area (Å²) in [6, 6.07) is 22.5. The van der Waals surface area contributed by atoms with E-state index < -0.39 is 17.1 Å². The third kappa shape index (κ3) is 7.26. The van der Waals surface area contributed by atoms with E-state index >= 15 is 0 Å². The Morgan fingerprint density at radius 3 is 2.24 bits per heavy atom. The van der Waals surface area contributed by atoms with Crippen molar-refractivity contribution < 1.29 is 53.5 Å². The minimum atomic E-state index is -1.49. The second-order valence-electron chi connectivity index (χ2n) is 9.29. The van der Waals surface area contributed by atoms with Gasteiger partial charge in [-0.2, -0.15) is 6.07 Å². The molecule has 1 atom stereocenters. The maximum Gasteiger partial charge on any atom is 0.183 e. The first-order valence-corrected chi connectivity index (χ1v) is 18.5. The topological polar surface area (TPSA) is 9.23 Å². The van der Waals surface area contributed by atoms with E-state index in [0.29, 0.717) is 5.92 Å². The molecule has 1 aliphatic carbocycles. The number of fused-ring (bicyclic) bond motifs is 2. The molecule has 0 heterocycles. The van der Waals surface area contributed by atoms with Gasteiger partial charge >= 0.3 is 34.9 Å². The summed E-state index contributed by atoms with van der Waals surface area (Å²) in [6.07, 6.45) is 1.03. The second kappa shape index (κ2) is 13.6. The van der Waals surface area contributed by atoms with Crippen molar-refractivity contribution in [3.8, 4) is 0 Å². The van der Waals surface area contributed by atoms with Gasteiger partial charge in [0.1, 0.15) is 0 Å². The fraction of sp³-hybridized carbons (Fsp3) is 0.333. The summed E-state index contributed by atoms with van der Waals surface area (Å²) in [5.74, 6) is 0.405. The molecule has 0 spiro atoms. The van der Waals surface area contributed by atoms with Crippen LogP contribution >= 0.6 is 0 Å². The van der Waals surface area contributed by atoms with Crippen LogP contribution in [0, 0.1) is 0 Å². The zero-order valence-electron chi connectivity index (χ0n) is 20.5. The van der Waals surface area contributed by atoms with Crippen LogP contribution < -0.4 is 24.8 Å². The minimum Gasteiger partial charge on any atom is -1.00 e. The molecule has 0 N–H and O–H groups in total. The number of halogens is 2. The first kappa shape index (κ1) is 30.5. The molecular formula is C27H34Cl2OSi2Zr-. The molecule has 1 unspecified atom stereocenters. The van der Waals surface area contributed by atoms with E-state index in [1.54, 1.807) is 10.8 Å². The summed E-state index contributed by atoms with van der Waals surface area (Å²) in [5, 5.41) is 4.44. The van der Waals surface area contributed by atoms with Gasteiger partial charge in [-0.05, 0) is 48.7 Å². The molecule has 0 aliphatic heterocycles. The number of hydrogen-bond acceptors (Lipinski definition) is 1. The third-order valence-corrected chi connectivity index (χ3v) is 8.40. The maximum absolute atomic E-state index is 6.25. The Bertz CT molecular complexity index is 1080. The van der Waals surface area contributed by atoms with Crippen molar-refractivity contribution in [1.82, 2.24) is 0 Å². The average molecular weight is 593 g/mol. The van der Waals surface area contributed by atoms with Crippen molar-refractivity contribution in [3.05, 3.63) is 82.6 Å². The van der Waals surface area contributed by atoms with Crippen molar-refractivity contribution in [2.24, 2.45) is 0 Å². The zero-order valence-corrected chi connectivity index (χ0v) is 26.5. The summed E-state index contributed by atoms with van der Waals surface area (Å²) in [5.41, 5.74) is 5.98. The first-order chi connectivity index (χ1) is 14.8. The van der Waals surface area contributed by atoms with E-state index in [2.05, 4.69) is 97.1 Å². The van der Waals surface area contributed by atoms with Crippen molar-refractivity contribution in [3.63, 3.8) is 0 Å². The van der Waals surface area contributed by atoms with Crippen LogP contribution in [0.1, 0.15) is 36.0 Å². The smallest absolute Gasteiger partial charge is 0.183 e. The van der Waals surface area contributed by atoms with Crippen LogP contribution in [0.15, 0.2) is 65.9 Å². The quantitative estimate of drug-likeness (QED) is 0.311. The van der Waals surface area contributed by atoms with Gasteiger partial charge in [-0.25, -0.2) is 0 Å². The fourth-order valence-electron chi connectivity index (χ4n) is 4.57.